The lowest BCUT2D eigenvalue weighted by Crippen LogP contribution is -2.51. The number of hydrogen-bond acceptors (Lipinski definition) is 6. The van der Waals surface area contributed by atoms with Gasteiger partial charge in [-0.05, 0) is 48.6 Å². The molecule has 1 aliphatic rings. The molecule has 0 bridgehead atoms. The van der Waals surface area contributed by atoms with Crippen LogP contribution < -0.4 is 5.32 Å². The quantitative estimate of drug-likeness (QED) is 0.281. The van der Waals surface area contributed by atoms with Crippen molar-refractivity contribution >= 4 is 38.8 Å². The van der Waals surface area contributed by atoms with E-state index in [1.54, 1.807) is 11.1 Å². The molecule has 1 aliphatic heterocycles. The minimum atomic E-state index is -0.679. The van der Waals surface area contributed by atoms with Crippen LogP contribution in [-0.2, 0) is 9.53 Å². The normalized spacial score (nSPS) is 15.7. The van der Waals surface area contributed by atoms with Gasteiger partial charge >= 0.3 is 6.09 Å². The van der Waals surface area contributed by atoms with Crippen LogP contribution in [0.1, 0.15) is 44.1 Å². The Hall–Kier alpha value is -4.23. The van der Waals surface area contributed by atoms with Crippen LogP contribution in [-0.4, -0.2) is 51.5 Å². The van der Waals surface area contributed by atoms with E-state index in [0.29, 0.717) is 17.9 Å². The molecule has 2 amide bonds. The first-order valence-corrected chi connectivity index (χ1v) is 13.9. The summed E-state index contributed by atoms with van der Waals surface area (Å²) in [5, 5.41) is 13.2. The number of halogens is 1. The van der Waals surface area contributed by atoms with E-state index >= 15 is 0 Å². The van der Waals surface area contributed by atoms with Crippen molar-refractivity contribution in [2.24, 2.45) is 5.92 Å². The zero-order valence-electron chi connectivity index (χ0n) is 22.4. The third-order valence-electron chi connectivity index (χ3n) is 7.22. The SMILES string of the molecule is COC(=O)N[C@H](C(=O)N1CCC[C@H]1c1ncc(-c2ccc(-c3cc(C#N)c4cc(Br)ccc4n3)cc2)[nH]1)C(C)C. The van der Waals surface area contributed by atoms with Crippen molar-refractivity contribution in [3.05, 3.63) is 70.6 Å². The second-order valence-electron chi connectivity index (χ2n) is 10.1. The molecule has 0 unspecified atom stereocenters. The smallest absolute Gasteiger partial charge is 0.407 e. The number of imidazole rings is 1. The van der Waals surface area contributed by atoms with Crippen LogP contribution in [0.4, 0.5) is 4.79 Å². The molecule has 40 heavy (non-hydrogen) atoms. The number of amides is 2. The molecule has 10 heteroatoms. The average Bonchev–Trinajstić information content (AvgIpc) is 3.65. The second kappa shape index (κ2) is 11.5. The van der Waals surface area contributed by atoms with E-state index in [0.717, 1.165) is 50.7 Å². The van der Waals surface area contributed by atoms with Gasteiger partial charge in [0.2, 0.25) is 5.91 Å². The first-order valence-electron chi connectivity index (χ1n) is 13.1. The summed E-state index contributed by atoms with van der Waals surface area (Å²) in [5.41, 5.74) is 4.73. The number of hydrogen-bond donors (Lipinski definition) is 2. The van der Waals surface area contributed by atoms with Gasteiger partial charge in [-0.2, -0.15) is 5.26 Å². The highest BCUT2D eigenvalue weighted by Crippen LogP contribution is 2.33. The van der Waals surface area contributed by atoms with Crippen molar-refractivity contribution in [2.45, 2.75) is 38.8 Å². The second-order valence-corrected chi connectivity index (χ2v) is 11.1. The molecule has 2 aromatic carbocycles. The van der Waals surface area contributed by atoms with Gasteiger partial charge in [-0.25, -0.2) is 14.8 Å². The molecule has 0 aliphatic carbocycles. The number of benzene rings is 2. The number of H-pyrrole nitrogens is 1. The van der Waals surface area contributed by atoms with Gasteiger partial charge in [0, 0.05) is 22.0 Å². The Labute approximate surface area is 240 Å². The number of aromatic amines is 1. The first kappa shape index (κ1) is 27.3. The van der Waals surface area contributed by atoms with Gasteiger partial charge < -0.3 is 19.9 Å². The summed E-state index contributed by atoms with van der Waals surface area (Å²) in [6.07, 6.45) is 2.79. The number of carbonyl (C=O) groups is 2. The fourth-order valence-corrected chi connectivity index (χ4v) is 5.47. The van der Waals surface area contributed by atoms with E-state index in [9.17, 15) is 14.9 Å². The largest absolute Gasteiger partial charge is 0.453 e. The number of nitrogens with zero attached hydrogens (tertiary/aromatic N) is 4. The Morgan fingerprint density at radius 3 is 2.62 bits per heavy atom. The fraction of sp³-hybridized carbons (Fsp3) is 0.300. The number of likely N-dealkylation sites (tertiary alicyclic amines) is 1. The van der Waals surface area contributed by atoms with Gasteiger partial charge in [-0.3, -0.25) is 4.79 Å². The molecule has 2 aromatic heterocycles. The Balaban J connectivity index is 1.36. The highest BCUT2D eigenvalue weighted by molar-refractivity contribution is 9.10. The maximum absolute atomic E-state index is 13.4. The molecular weight excluding hydrogens is 572 g/mol. The van der Waals surface area contributed by atoms with E-state index in [1.165, 1.54) is 7.11 Å². The number of carbonyl (C=O) groups excluding carboxylic acids is 2. The molecule has 1 saturated heterocycles. The lowest BCUT2D eigenvalue weighted by molar-refractivity contribution is -0.135. The van der Waals surface area contributed by atoms with E-state index in [1.807, 2.05) is 62.4 Å². The van der Waals surface area contributed by atoms with Crippen LogP contribution in [0, 0.1) is 17.2 Å². The van der Waals surface area contributed by atoms with E-state index in [4.69, 9.17) is 9.72 Å². The monoisotopic (exact) mass is 600 g/mol. The zero-order chi connectivity index (χ0) is 28.4. The van der Waals surface area contributed by atoms with Gasteiger partial charge in [0.15, 0.2) is 0 Å². The molecule has 204 valence electrons. The van der Waals surface area contributed by atoms with Crippen molar-refractivity contribution in [2.75, 3.05) is 13.7 Å². The van der Waals surface area contributed by atoms with Crippen LogP contribution in [0.2, 0.25) is 0 Å². The van der Waals surface area contributed by atoms with Crippen molar-refractivity contribution in [3.8, 4) is 28.6 Å². The molecule has 2 N–H and O–H groups in total. The summed E-state index contributed by atoms with van der Waals surface area (Å²) >= 11 is 3.46. The van der Waals surface area contributed by atoms with Crippen molar-refractivity contribution in [3.63, 3.8) is 0 Å². The van der Waals surface area contributed by atoms with Crippen molar-refractivity contribution in [1.29, 1.82) is 5.26 Å². The number of rotatable bonds is 6. The Kier molecular flexibility index (Phi) is 7.85. The number of ether oxygens (including phenoxy) is 1. The Morgan fingerprint density at radius 1 is 1.18 bits per heavy atom. The third kappa shape index (κ3) is 5.42. The van der Waals surface area contributed by atoms with Gasteiger partial charge in [-0.1, -0.05) is 54.0 Å². The molecule has 0 spiro atoms. The lowest BCUT2D eigenvalue weighted by Gasteiger charge is -2.30. The minimum absolute atomic E-state index is 0.0956. The maximum atomic E-state index is 13.4. The molecule has 2 atom stereocenters. The standard InChI is InChI=1S/C30H29BrN6O3/c1-17(2)27(36-30(39)40-3)29(38)37-12-4-5-26(37)28-33-16-25(35-28)19-8-6-18(7-9-19)24-13-20(15-32)22-14-21(31)10-11-23(22)34-24/h6-11,13-14,16-17,26-27H,4-5,12H2,1-3H3,(H,33,35)(H,36,39)/t26-,27-/m0/s1. The van der Waals surface area contributed by atoms with Gasteiger partial charge in [0.05, 0.1) is 47.9 Å². The molecular formula is C30H29BrN6O3. The minimum Gasteiger partial charge on any atom is -0.453 e. The predicted octanol–water partition coefficient (Wildman–Crippen LogP) is 5.97. The Bertz CT molecular complexity index is 1610. The zero-order valence-corrected chi connectivity index (χ0v) is 24.0. The van der Waals surface area contributed by atoms with E-state index in [-0.39, 0.29) is 17.9 Å². The number of methoxy groups -OCH3 is 1. The predicted molar refractivity (Wildman–Crippen MR) is 155 cm³/mol. The highest BCUT2D eigenvalue weighted by atomic mass is 79.9. The van der Waals surface area contributed by atoms with Crippen LogP contribution in [0.15, 0.2) is 59.2 Å². The number of fused-ring (bicyclic) bond motifs is 1. The van der Waals surface area contributed by atoms with E-state index in [2.05, 4.69) is 37.3 Å². The molecule has 3 heterocycles. The molecule has 0 radical (unpaired) electrons. The topological polar surface area (TPSA) is 124 Å². The first-order chi connectivity index (χ1) is 19.3. The molecule has 0 saturated carbocycles. The van der Waals surface area contributed by atoms with Crippen LogP contribution in [0.5, 0.6) is 0 Å². The lowest BCUT2D eigenvalue weighted by atomic mass is 10.0. The van der Waals surface area contributed by atoms with E-state index < -0.39 is 12.1 Å². The summed E-state index contributed by atoms with van der Waals surface area (Å²) in [5.74, 6) is 0.477. The van der Waals surface area contributed by atoms with Crippen LogP contribution in [0.3, 0.4) is 0 Å². The van der Waals surface area contributed by atoms with Crippen LogP contribution in [0.25, 0.3) is 33.4 Å². The molecule has 4 aromatic rings. The Morgan fingerprint density at radius 2 is 1.93 bits per heavy atom. The number of pyridine rings is 1. The summed E-state index contributed by atoms with van der Waals surface area (Å²) in [6.45, 7) is 4.39. The molecule has 5 rings (SSSR count). The number of nitriles is 1. The van der Waals surface area contributed by atoms with Crippen LogP contribution >= 0.6 is 15.9 Å². The summed E-state index contributed by atoms with van der Waals surface area (Å²) in [6, 6.07) is 16.8. The molecule has 1 fully saturated rings. The van der Waals surface area contributed by atoms with Gasteiger partial charge in [0.1, 0.15) is 11.9 Å². The van der Waals surface area contributed by atoms with Gasteiger partial charge in [-0.15, -0.1) is 0 Å². The van der Waals surface area contributed by atoms with Crippen molar-refractivity contribution in [1.82, 2.24) is 25.2 Å². The summed E-state index contributed by atoms with van der Waals surface area (Å²) in [4.78, 5) is 39.8. The summed E-state index contributed by atoms with van der Waals surface area (Å²) in [7, 11) is 1.29. The summed E-state index contributed by atoms with van der Waals surface area (Å²) < 4.78 is 5.62. The fourth-order valence-electron chi connectivity index (χ4n) is 5.10. The van der Waals surface area contributed by atoms with Gasteiger partial charge in [0.25, 0.3) is 0 Å². The highest BCUT2D eigenvalue weighted by Gasteiger charge is 2.37. The number of alkyl carbamates (subject to hydrolysis) is 1. The maximum Gasteiger partial charge on any atom is 0.407 e. The average molecular weight is 602 g/mol. The van der Waals surface area contributed by atoms with Crippen molar-refractivity contribution < 1.29 is 14.3 Å². The third-order valence-corrected chi connectivity index (χ3v) is 7.71. The number of aromatic nitrogens is 3. The number of nitrogens with one attached hydrogen (secondary N) is 2. The molecule has 9 nitrogen and oxygen atoms in total.